The predicted molar refractivity (Wildman–Crippen MR) is 133 cm³/mol. The Morgan fingerprint density at radius 2 is 1.69 bits per heavy atom. The molecule has 0 fully saturated rings. The minimum atomic E-state index is -1.47. The fraction of sp³-hybridized carbons (Fsp3) is 0.179. The molecular weight excluding hydrogens is 444 g/mol. The minimum Gasteiger partial charge on any atom is -0.507 e. The van der Waals surface area contributed by atoms with Gasteiger partial charge in [-0.2, -0.15) is 0 Å². The Hall–Kier alpha value is -4.39. The number of para-hydroxylation sites is 3. The van der Waals surface area contributed by atoms with E-state index in [4.69, 9.17) is 4.74 Å². The van der Waals surface area contributed by atoms with Crippen molar-refractivity contribution in [3.63, 3.8) is 0 Å². The summed E-state index contributed by atoms with van der Waals surface area (Å²) in [5, 5.41) is 12.9. The lowest BCUT2D eigenvalue weighted by Gasteiger charge is -2.29. The number of nitrogens with one attached hydrogen (secondary N) is 1. The van der Waals surface area contributed by atoms with Crippen molar-refractivity contribution in [2.45, 2.75) is 25.3 Å². The van der Waals surface area contributed by atoms with Gasteiger partial charge in [0.1, 0.15) is 11.3 Å². The summed E-state index contributed by atoms with van der Waals surface area (Å²) < 4.78 is 5.09. The number of fused-ring (bicyclic) bond motifs is 1. The molecule has 2 amide bonds. The first-order chi connectivity index (χ1) is 17.0. The fourth-order valence-electron chi connectivity index (χ4n) is 4.27. The fourth-order valence-corrected chi connectivity index (χ4v) is 4.27. The van der Waals surface area contributed by atoms with Gasteiger partial charge in [0.25, 0.3) is 5.91 Å². The molecule has 0 bridgehead atoms. The molecule has 7 heteroatoms. The minimum absolute atomic E-state index is 0.0289. The van der Waals surface area contributed by atoms with Crippen LogP contribution < -0.4 is 10.2 Å². The molecule has 0 radical (unpaired) electrons. The van der Waals surface area contributed by atoms with E-state index in [0.29, 0.717) is 22.5 Å². The number of nitrogens with zero attached hydrogens (tertiary/aromatic N) is 1. The maximum absolute atomic E-state index is 14.0. The molecule has 178 valence electrons. The number of phenols is 1. The average molecular weight is 471 g/mol. The number of aromatic hydroxyl groups is 1. The summed E-state index contributed by atoms with van der Waals surface area (Å²) in [6.45, 7) is 1.94. The van der Waals surface area contributed by atoms with Gasteiger partial charge in [0.2, 0.25) is 5.91 Å². The second-order valence-electron chi connectivity index (χ2n) is 8.09. The van der Waals surface area contributed by atoms with Crippen LogP contribution in [0.2, 0.25) is 0 Å². The zero-order valence-electron chi connectivity index (χ0n) is 19.3. The van der Waals surface area contributed by atoms with Crippen LogP contribution in [0.5, 0.6) is 5.75 Å². The molecule has 1 aliphatic heterocycles. The van der Waals surface area contributed by atoms with Gasteiger partial charge in [-0.05, 0) is 43.7 Å². The molecule has 4 rings (SSSR count). The smallest absolute Gasteiger partial charge is 0.305 e. The molecule has 0 aromatic heterocycles. The summed E-state index contributed by atoms with van der Waals surface area (Å²) in [5.41, 5.74) is 0.883. The van der Waals surface area contributed by atoms with Gasteiger partial charge in [-0.1, -0.05) is 54.6 Å². The lowest BCUT2D eigenvalue weighted by Crippen LogP contribution is -2.52. The van der Waals surface area contributed by atoms with E-state index in [9.17, 15) is 19.5 Å². The Labute approximate surface area is 203 Å². The van der Waals surface area contributed by atoms with Gasteiger partial charge in [0, 0.05) is 29.3 Å². The maximum Gasteiger partial charge on any atom is 0.305 e. The molecule has 3 aromatic carbocycles. The first-order valence-electron chi connectivity index (χ1n) is 11.4. The molecule has 0 saturated carbocycles. The molecule has 1 unspecified atom stereocenters. The predicted octanol–water partition coefficient (Wildman–Crippen LogP) is 4.44. The van der Waals surface area contributed by atoms with Crippen LogP contribution >= 0.6 is 0 Å². The molecule has 35 heavy (non-hydrogen) atoms. The van der Waals surface area contributed by atoms with E-state index in [1.54, 1.807) is 42.2 Å². The third-order valence-corrected chi connectivity index (χ3v) is 5.88. The van der Waals surface area contributed by atoms with Crippen molar-refractivity contribution in [2.24, 2.45) is 0 Å². The second kappa shape index (κ2) is 10.3. The number of anilines is 2. The Balaban J connectivity index is 1.73. The number of carbonyl (C=O) groups excluding carboxylic acids is 3. The Bertz CT molecular complexity index is 1270. The van der Waals surface area contributed by atoms with E-state index in [2.05, 4.69) is 5.32 Å². The number of ether oxygens (including phenoxy) is 1. The maximum atomic E-state index is 14.0. The van der Waals surface area contributed by atoms with Gasteiger partial charge in [0.05, 0.1) is 12.3 Å². The van der Waals surface area contributed by atoms with Crippen LogP contribution in [0.4, 0.5) is 11.4 Å². The third kappa shape index (κ3) is 4.80. The summed E-state index contributed by atoms with van der Waals surface area (Å²) in [6, 6.07) is 23.0. The first-order valence-corrected chi connectivity index (χ1v) is 11.4. The van der Waals surface area contributed by atoms with Crippen molar-refractivity contribution in [1.82, 2.24) is 5.32 Å². The average Bonchev–Trinajstić information content (AvgIpc) is 3.11. The second-order valence-corrected chi connectivity index (χ2v) is 8.09. The van der Waals surface area contributed by atoms with Crippen molar-refractivity contribution in [1.29, 1.82) is 0 Å². The summed E-state index contributed by atoms with van der Waals surface area (Å²) in [6.07, 6.45) is 2.72. The van der Waals surface area contributed by atoms with E-state index < -0.39 is 17.4 Å². The van der Waals surface area contributed by atoms with Crippen molar-refractivity contribution in [3.8, 4) is 5.75 Å². The number of esters is 1. The SMILES string of the molecule is CCOC(=O)CCC1(NC(=O)C=Cc2ccccc2O)C(=O)N(c2ccccc2)c2ccccc21. The molecule has 3 aromatic rings. The van der Waals surface area contributed by atoms with Crippen LogP contribution in [0.25, 0.3) is 6.08 Å². The highest BCUT2D eigenvalue weighted by Crippen LogP contribution is 2.46. The zero-order chi connectivity index (χ0) is 24.8. The first kappa shape index (κ1) is 23.8. The number of carbonyl (C=O) groups is 3. The molecule has 1 heterocycles. The molecular formula is C28H26N2O5. The van der Waals surface area contributed by atoms with Gasteiger partial charge in [-0.3, -0.25) is 19.3 Å². The summed E-state index contributed by atoms with van der Waals surface area (Å²) >= 11 is 0. The quantitative estimate of drug-likeness (QED) is 0.375. The largest absolute Gasteiger partial charge is 0.507 e. The molecule has 1 atom stereocenters. The van der Waals surface area contributed by atoms with Crippen LogP contribution in [0.1, 0.15) is 30.9 Å². The topological polar surface area (TPSA) is 95.9 Å². The standard InChI is InChI=1S/C28H26N2O5/c1-2-35-26(33)18-19-28(29-25(32)17-16-20-10-6-9-15-24(20)31)22-13-7-8-14-23(22)30(27(28)34)21-11-4-3-5-12-21/h3-17,31H,2,18-19H2,1H3,(H,29,32). The lowest BCUT2D eigenvalue weighted by molar-refractivity contribution is -0.144. The lowest BCUT2D eigenvalue weighted by atomic mass is 9.86. The monoisotopic (exact) mass is 470 g/mol. The molecule has 0 saturated heterocycles. The number of hydrogen-bond acceptors (Lipinski definition) is 5. The number of rotatable bonds is 8. The molecule has 2 N–H and O–H groups in total. The molecule has 1 aliphatic rings. The van der Waals surface area contributed by atoms with E-state index in [1.165, 1.54) is 18.2 Å². The van der Waals surface area contributed by atoms with Crippen LogP contribution in [0.15, 0.2) is 84.9 Å². The van der Waals surface area contributed by atoms with Crippen LogP contribution in [0.3, 0.4) is 0 Å². The van der Waals surface area contributed by atoms with E-state index >= 15 is 0 Å². The normalized spacial score (nSPS) is 16.8. The van der Waals surface area contributed by atoms with Crippen LogP contribution in [-0.4, -0.2) is 29.5 Å². The Kier molecular flexibility index (Phi) is 6.96. The van der Waals surface area contributed by atoms with E-state index in [-0.39, 0.29) is 31.1 Å². The van der Waals surface area contributed by atoms with Crippen LogP contribution in [0, 0.1) is 0 Å². The van der Waals surface area contributed by atoms with Gasteiger partial charge in [-0.25, -0.2) is 0 Å². The number of phenolic OH excluding ortho intramolecular Hbond substituents is 1. The van der Waals surface area contributed by atoms with Crippen molar-refractivity contribution in [2.75, 3.05) is 11.5 Å². The highest BCUT2D eigenvalue weighted by Gasteiger charge is 2.52. The zero-order valence-corrected chi connectivity index (χ0v) is 19.3. The molecule has 7 nitrogen and oxygen atoms in total. The van der Waals surface area contributed by atoms with E-state index in [1.807, 2.05) is 42.5 Å². The van der Waals surface area contributed by atoms with Crippen molar-refractivity contribution in [3.05, 3.63) is 96.1 Å². The number of hydrogen-bond donors (Lipinski definition) is 2. The Morgan fingerprint density at radius 3 is 2.43 bits per heavy atom. The number of amides is 2. The molecule has 0 aliphatic carbocycles. The van der Waals surface area contributed by atoms with Crippen LogP contribution in [-0.2, 0) is 24.7 Å². The third-order valence-electron chi connectivity index (χ3n) is 5.88. The van der Waals surface area contributed by atoms with Gasteiger partial charge in [-0.15, -0.1) is 0 Å². The number of benzene rings is 3. The van der Waals surface area contributed by atoms with Gasteiger partial charge < -0.3 is 15.2 Å². The highest BCUT2D eigenvalue weighted by molar-refractivity contribution is 6.14. The summed E-state index contributed by atoms with van der Waals surface area (Å²) in [7, 11) is 0. The van der Waals surface area contributed by atoms with Crippen molar-refractivity contribution >= 4 is 35.2 Å². The molecule has 0 spiro atoms. The summed E-state index contributed by atoms with van der Waals surface area (Å²) in [5.74, 6) is -1.31. The van der Waals surface area contributed by atoms with Gasteiger partial charge >= 0.3 is 5.97 Å². The summed E-state index contributed by atoms with van der Waals surface area (Å²) in [4.78, 5) is 40.9. The highest BCUT2D eigenvalue weighted by atomic mass is 16.5. The van der Waals surface area contributed by atoms with Crippen molar-refractivity contribution < 1.29 is 24.2 Å². The van der Waals surface area contributed by atoms with Gasteiger partial charge in [0.15, 0.2) is 0 Å². The Morgan fingerprint density at radius 1 is 1.00 bits per heavy atom. The van der Waals surface area contributed by atoms with E-state index in [0.717, 1.165) is 0 Å².